The lowest BCUT2D eigenvalue weighted by Crippen LogP contribution is -2.31. The Hall–Kier alpha value is -2.42. The molecule has 0 fully saturated rings. The van der Waals surface area contributed by atoms with Gasteiger partial charge in [-0.1, -0.05) is 30.3 Å². The topological polar surface area (TPSA) is 37.4 Å². The van der Waals surface area contributed by atoms with E-state index < -0.39 is 0 Å². The molecule has 0 aliphatic carbocycles. The van der Waals surface area contributed by atoms with Crippen LogP contribution < -0.4 is 4.90 Å². The van der Waals surface area contributed by atoms with Crippen molar-refractivity contribution in [2.75, 3.05) is 11.9 Å². The molecule has 3 heteroatoms. The molecular weight excluding hydrogens is 250 g/mol. The summed E-state index contributed by atoms with van der Waals surface area (Å²) in [7, 11) is 1.78. The van der Waals surface area contributed by atoms with Gasteiger partial charge in [-0.05, 0) is 30.2 Å². The molecule has 0 saturated carbocycles. The minimum Gasteiger partial charge on any atom is -0.315 e. The lowest BCUT2D eigenvalue weighted by molar-refractivity contribution is -0.118. The van der Waals surface area contributed by atoms with Crippen molar-refractivity contribution in [1.82, 2.24) is 0 Å². The Balaban J connectivity index is 1.98. The predicted octanol–water partition coefficient (Wildman–Crippen LogP) is 2.83. The fourth-order valence-corrected chi connectivity index (χ4v) is 2.55. The van der Waals surface area contributed by atoms with Gasteiger partial charge in [-0.25, -0.2) is 0 Å². The smallest absolute Gasteiger partial charge is 0.227 e. The van der Waals surface area contributed by atoms with E-state index in [1.54, 1.807) is 18.0 Å². The zero-order valence-electron chi connectivity index (χ0n) is 11.3. The van der Waals surface area contributed by atoms with Gasteiger partial charge in [0.05, 0.1) is 0 Å². The van der Waals surface area contributed by atoms with E-state index in [4.69, 9.17) is 0 Å². The van der Waals surface area contributed by atoms with Crippen LogP contribution in [0.15, 0.2) is 48.5 Å². The van der Waals surface area contributed by atoms with E-state index >= 15 is 0 Å². The number of aryl methyl sites for hydroxylation is 1. The molecule has 0 bridgehead atoms. The molecule has 3 nitrogen and oxygen atoms in total. The van der Waals surface area contributed by atoms with Crippen molar-refractivity contribution in [2.45, 2.75) is 12.8 Å². The maximum absolute atomic E-state index is 12.4. The van der Waals surface area contributed by atoms with Crippen LogP contribution in [-0.2, 0) is 11.2 Å². The lowest BCUT2D eigenvalue weighted by Gasteiger charge is -2.26. The second-order valence-electron chi connectivity index (χ2n) is 4.99. The Morgan fingerprint density at radius 1 is 1.00 bits per heavy atom. The number of amides is 1. The van der Waals surface area contributed by atoms with Crippen LogP contribution in [0.4, 0.5) is 5.69 Å². The molecule has 3 rings (SSSR count). The van der Waals surface area contributed by atoms with Gasteiger partial charge >= 0.3 is 0 Å². The standard InChI is InChI=1S/C17H15NO2/c1-18-15-9-7-14(11-13(15)8-10-16(18)19)17(20)12-5-3-2-4-6-12/h2-7,9,11H,8,10H2,1H3. The van der Waals surface area contributed by atoms with Crippen molar-refractivity contribution in [1.29, 1.82) is 0 Å². The zero-order valence-corrected chi connectivity index (χ0v) is 11.3. The molecular formula is C17H15NO2. The number of ketones is 1. The van der Waals surface area contributed by atoms with Gasteiger partial charge in [0, 0.05) is 30.3 Å². The van der Waals surface area contributed by atoms with Gasteiger partial charge in [-0.15, -0.1) is 0 Å². The molecule has 20 heavy (non-hydrogen) atoms. The summed E-state index contributed by atoms with van der Waals surface area (Å²) >= 11 is 0. The minimum absolute atomic E-state index is 0.0213. The molecule has 1 aliphatic rings. The van der Waals surface area contributed by atoms with Crippen molar-refractivity contribution >= 4 is 17.4 Å². The number of benzene rings is 2. The highest BCUT2D eigenvalue weighted by Crippen LogP contribution is 2.28. The third kappa shape index (κ3) is 2.11. The molecule has 1 aliphatic heterocycles. The molecule has 0 atom stereocenters. The van der Waals surface area contributed by atoms with Crippen LogP contribution in [0.3, 0.4) is 0 Å². The Morgan fingerprint density at radius 3 is 2.50 bits per heavy atom. The molecule has 100 valence electrons. The number of hydrogen-bond acceptors (Lipinski definition) is 2. The third-order valence-corrected chi connectivity index (χ3v) is 3.72. The lowest BCUT2D eigenvalue weighted by atomic mass is 9.95. The summed E-state index contributed by atoms with van der Waals surface area (Å²) in [5.74, 6) is 0.146. The maximum Gasteiger partial charge on any atom is 0.227 e. The number of fused-ring (bicyclic) bond motifs is 1. The minimum atomic E-state index is 0.0213. The van der Waals surface area contributed by atoms with Crippen LogP contribution >= 0.6 is 0 Å². The van der Waals surface area contributed by atoms with Gasteiger partial charge in [-0.2, -0.15) is 0 Å². The number of rotatable bonds is 2. The number of hydrogen-bond donors (Lipinski definition) is 0. The second kappa shape index (κ2) is 4.93. The molecule has 2 aromatic carbocycles. The molecule has 0 spiro atoms. The van der Waals surface area contributed by atoms with Gasteiger partial charge in [0.2, 0.25) is 5.91 Å². The van der Waals surface area contributed by atoms with Gasteiger partial charge in [0.15, 0.2) is 5.78 Å². The molecule has 2 aromatic rings. The van der Waals surface area contributed by atoms with E-state index in [2.05, 4.69) is 0 Å². The summed E-state index contributed by atoms with van der Waals surface area (Å²) in [6.45, 7) is 0. The SMILES string of the molecule is CN1C(=O)CCc2cc(C(=O)c3ccccc3)ccc21. The summed E-state index contributed by atoms with van der Waals surface area (Å²) in [4.78, 5) is 25.7. The molecule has 1 amide bonds. The van der Waals surface area contributed by atoms with E-state index in [9.17, 15) is 9.59 Å². The van der Waals surface area contributed by atoms with E-state index in [1.807, 2.05) is 42.5 Å². The summed E-state index contributed by atoms with van der Waals surface area (Å²) < 4.78 is 0. The van der Waals surface area contributed by atoms with Crippen molar-refractivity contribution in [3.63, 3.8) is 0 Å². The molecule has 0 N–H and O–H groups in total. The average Bonchev–Trinajstić information content (AvgIpc) is 2.51. The van der Waals surface area contributed by atoms with Crippen LogP contribution in [0.25, 0.3) is 0 Å². The predicted molar refractivity (Wildman–Crippen MR) is 78.0 cm³/mol. The molecule has 0 unspecified atom stereocenters. The van der Waals surface area contributed by atoms with Crippen LogP contribution in [0, 0.1) is 0 Å². The van der Waals surface area contributed by atoms with E-state index in [0.29, 0.717) is 24.0 Å². The van der Waals surface area contributed by atoms with Gasteiger partial charge in [0.25, 0.3) is 0 Å². The highest BCUT2D eigenvalue weighted by Gasteiger charge is 2.21. The monoisotopic (exact) mass is 265 g/mol. The van der Waals surface area contributed by atoms with E-state index in [0.717, 1.165) is 11.3 Å². The molecule has 0 radical (unpaired) electrons. The Morgan fingerprint density at radius 2 is 1.75 bits per heavy atom. The summed E-state index contributed by atoms with van der Waals surface area (Å²) in [6, 6.07) is 14.8. The van der Waals surface area contributed by atoms with Crippen molar-refractivity contribution < 1.29 is 9.59 Å². The van der Waals surface area contributed by atoms with Crippen LogP contribution in [0.5, 0.6) is 0 Å². The fraction of sp³-hybridized carbons (Fsp3) is 0.176. The highest BCUT2D eigenvalue weighted by atomic mass is 16.2. The molecule has 0 aromatic heterocycles. The van der Waals surface area contributed by atoms with Gasteiger partial charge < -0.3 is 4.90 Å². The number of nitrogens with zero attached hydrogens (tertiary/aromatic N) is 1. The number of anilines is 1. The van der Waals surface area contributed by atoms with Crippen LogP contribution in [0.2, 0.25) is 0 Å². The number of carbonyl (C=O) groups is 2. The first-order valence-electron chi connectivity index (χ1n) is 6.66. The molecule has 0 saturated heterocycles. The normalized spacial score (nSPS) is 14.1. The summed E-state index contributed by atoms with van der Waals surface area (Å²) in [5, 5.41) is 0. The largest absolute Gasteiger partial charge is 0.315 e. The van der Waals surface area contributed by atoms with Crippen molar-refractivity contribution in [2.24, 2.45) is 0 Å². The molecule has 1 heterocycles. The Kier molecular flexibility index (Phi) is 3.11. The van der Waals surface area contributed by atoms with Gasteiger partial charge in [0.1, 0.15) is 0 Å². The third-order valence-electron chi connectivity index (χ3n) is 3.72. The average molecular weight is 265 g/mol. The van der Waals surface area contributed by atoms with E-state index in [-0.39, 0.29) is 11.7 Å². The van der Waals surface area contributed by atoms with Crippen molar-refractivity contribution in [3.8, 4) is 0 Å². The second-order valence-corrected chi connectivity index (χ2v) is 4.99. The van der Waals surface area contributed by atoms with E-state index in [1.165, 1.54) is 0 Å². The Bertz CT molecular complexity index is 677. The van der Waals surface area contributed by atoms with Gasteiger partial charge in [-0.3, -0.25) is 9.59 Å². The van der Waals surface area contributed by atoms with Crippen molar-refractivity contribution in [3.05, 3.63) is 65.2 Å². The summed E-state index contributed by atoms with van der Waals surface area (Å²) in [6.07, 6.45) is 1.21. The Labute approximate surface area is 117 Å². The van der Waals surface area contributed by atoms with Crippen LogP contribution in [-0.4, -0.2) is 18.7 Å². The highest BCUT2D eigenvalue weighted by molar-refractivity contribution is 6.09. The van der Waals surface area contributed by atoms with Crippen LogP contribution in [0.1, 0.15) is 27.9 Å². The maximum atomic E-state index is 12.4. The number of carbonyl (C=O) groups excluding carboxylic acids is 2. The quantitative estimate of drug-likeness (QED) is 0.783. The summed E-state index contributed by atoms with van der Waals surface area (Å²) in [5.41, 5.74) is 3.34. The zero-order chi connectivity index (χ0) is 14.1. The first-order chi connectivity index (χ1) is 9.66. The first kappa shape index (κ1) is 12.6. The fourth-order valence-electron chi connectivity index (χ4n) is 2.55. The first-order valence-corrected chi connectivity index (χ1v) is 6.66.